The van der Waals surface area contributed by atoms with Crippen molar-refractivity contribution in [3.05, 3.63) is 119 Å². The second-order valence-corrected chi connectivity index (χ2v) is 20.9. The van der Waals surface area contributed by atoms with Crippen LogP contribution in [0.5, 0.6) is 0 Å². The van der Waals surface area contributed by atoms with Gasteiger partial charge < -0.3 is 0 Å². The summed E-state index contributed by atoms with van der Waals surface area (Å²) in [7, 11) is -8.81. The van der Waals surface area contributed by atoms with Crippen LogP contribution in [0.2, 0.25) is 0 Å². The molecule has 4 heterocycles. The maximum atomic E-state index is 12.1. The van der Waals surface area contributed by atoms with E-state index in [1.165, 1.54) is 22.7 Å². The molecule has 0 bridgehead atoms. The molecular formula is C42H28N6O6S6. The lowest BCUT2D eigenvalue weighted by Crippen LogP contribution is -2.00. The first kappa shape index (κ1) is 38.7. The van der Waals surface area contributed by atoms with Gasteiger partial charge in [-0.3, -0.25) is 9.11 Å². The average Bonchev–Trinajstić information content (AvgIpc) is 4.03. The maximum absolute atomic E-state index is 12.1. The molecule has 1 aliphatic carbocycles. The summed E-state index contributed by atoms with van der Waals surface area (Å²) >= 11 is 5.61. The minimum atomic E-state index is -4.41. The van der Waals surface area contributed by atoms with Crippen LogP contribution in [-0.2, 0) is 20.2 Å². The normalized spacial score (nSPS) is 13.9. The first-order valence-corrected chi connectivity index (χ1v) is 24.4. The fourth-order valence-corrected chi connectivity index (χ4v) is 13.8. The van der Waals surface area contributed by atoms with Gasteiger partial charge in [-0.05, 0) is 122 Å². The van der Waals surface area contributed by atoms with Gasteiger partial charge in [0.05, 0.1) is 52.3 Å². The summed E-state index contributed by atoms with van der Waals surface area (Å²) in [5, 5.41) is 12.1. The molecule has 0 fully saturated rings. The molecule has 60 heavy (non-hydrogen) atoms. The van der Waals surface area contributed by atoms with E-state index in [0.29, 0.717) is 53.7 Å². The van der Waals surface area contributed by atoms with Crippen molar-refractivity contribution in [3.8, 4) is 31.7 Å². The third-order valence-corrected chi connectivity index (χ3v) is 16.8. The Morgan fingerprint density at radius 3 is 1.50 bits per heavy atom. The van der Waals surface area contributed by atoms with E-state index in [4.69, 9.17) is 9.97 Å². The van der Waals surface area contributed by atoms with Crippen molar-refractivity contribution in [1.82, 2.24) is 19.9 Å². The Hall–Kier alpha value is -5.44. The van der Waals surface area contributed by atoms with E-state index in [2.05, 4.69) is 20.2 Å². The van der Waals surface area contributed by atoms with Crippen LogP contribution in [-0.4, -0.2) is 45.9 Å². The highest BCUT2D eigenvalue weighted by molar-refractivity contribution is 7.86. The summed E-state index contributed by atoms with van der Waals surface area (Å²) in [5.74, 6) is 0. The van der Waals surface area contributed by atoms with Crippen molar-refractivity contribution in [1.29, 1.82) is 0 Å². The second-order valence-electron chi connectivity index (χ2n) is 14.1. The van der Waals surface area contributed by atoms with E-state index >= 15 is 0 Å². The van der Waals surface area contributed by atoms with Crippen LogP contribution in [0.25, 0.3) is 78.2 Å². The number of nitrogens with zero attached hydrogens (tertiary/aromatic N) is 6. The number of hydrogen-bond acceptors (Lipinski definition) is 14. The van der Waals surface area contributed by atoms with Crippen LogP contribution in [0.1, 0.15) is 29.0 Å². The minimum Gasteiger partial charge on any atom is -0.282 e. The number of allylic oxidation sites excluding steroid dienone is 4. The zero-order chi connectivity index (χ0) is 41.5. The molecule has 298 valence electrons. The SMILES string of the molecule is Cc1ccc2nc(-c3ccc4nc(C5=CC=C(N=Nc6ccc(-c7nc8ccc(-c9nc%10ccc(C)c(S(=O)(=O)O)c%10s9)cc8s7)cc6)CC5)sc4c3)sc2c1S(=O)(=O)O. The highest BCUT2D eigenvalue weighted by atomic mass is 32.2. The largest absolute Gasteiger partial charge is 0.296 e. The van der Waals surface area contributed by atoms with Crippen LogP contribution in [0.4, 0.5) is 5.69 Å². The number of rotatable bonds is 8. The monoisotopic (exact) mass is 904 g/mol. The van der Waals surface area contributed by atoms with Crippen molar-refractivity contribution in [2.24, 2.45) is 10.2 Å². The van der Waals surface area contributed by atoms with Crippen LogP contribution < -0.4 is 0 Å². The van der Waals surface area contributed by atoms with Gasteiger partial charge in [0, 0.05) is 16.7 Å². The molecule has 0 amide bonds. The molecule has 0 unspecified atom stereocenters. The molecule has 0 spiro atoms. The lowest BCUT2D eigenvalue weighted by atomic mass is 10.0. The summed E-state index contributed by atoms with van der Waals surface area (Å²) < 4.78 is 71.0. The van der Waals surface area contributed by atoms with E-state index in [1.54, 1.807) is 60.8 Å². The topological polar surface area (TPSA) is 185 Å². The standard InChI is InChI=1S/C42H28N6O6S6/c1-21-3-15-31-35(37(21)59(49,50)51)57-41(45-31)25-9-17-29-33(19-25)55-39(43-29)23-5-11-27(12-6-23)47-48-28-13-7-24(8-14-28)40-44-30-18-10-26(20-34(30)56-40)42-46-32-16-4-22(2)38(36(32)58-42)60(52,53)54/h3-7,9-13,15-20H,8,14H2,1-2H3,(H,49,50,51)(H,52,53,54). The number of benzene rings is 5. The van der Waals surface area contributed by atoms with E-state index in [9.17, 15) is 25.9 Å². The van der Waals surface area contributed by atoms with Gasteiger partial charge in [0.2, 0.25) is 0 Å². The predicted octanol–water partition coefficient (Wildman–Crippen LogP) is 12.1. The molecule has 0 aliphatic heterocycles. The lowest BCUT2D eigenvalue weighted by molar-refractivity contribution is 0.481. The van der Waals surface area contributed by atoms with Gasteiger partial charge in [0.1, 0.15) is 29.8 Å². The Morgan fingerprint density at radius 1 is 0.517 bits per heavy atom. The summed E-state index contributed by atoms with van der Waals surface area (Å²) in [6, 6.07) is 26.3. The molecule has 18 heteroatoms. The van der Waals surface area contributed by atoms with Gasteiger partial charge >= 0.3 is 0 Å². The molecule has 5 aromatic carbocycles. The quantitative estimate of drug-likeness (QED) is 0.110. The van der Waals surface area contributed by atoms with Gasteiger partial charge in [-0.15, -0.1) is 45.3 Å². The Bertz CT molecular complexity index is 3580. The number of azo groups is 1. The van der Waals surface area contributed by atoms with E-state index in [-0.39, 0.29) is 9.79 Å². The van der Waals surface area contributed by atoms with E-state index < -0.39 is 20.2 Å². The molecule has 9 aromatic rings. The summed E-state index contributed by atoms with van der Waals surface area (Å²) in [6.07, 6.45) is 5.49. The number of hydrogen-bond donors (Lipinski definition) is 2. The molecule has 0 saturated heterocycles. The Balaban J connectivity index is 0.834. The molecule has 10 rings (SSSR count). The molecule has 0 radical (unpaired) electrons. The second kappa shape index (κ2) is 14.6. The van der Waals surface area contributed by atoms with Crippen molar-refractivity contribution in [2.75, 3.05) is 0 Å². The molecule has 0 atom stereocenters. The number of aromatic nitrogens is 4. The van der Waals surface area contributed by atoms with E-state index in [0.717, 1.165) is 64.8 Å². The minimum absolute atomic E-state index is 0.0977. The van der Waals surface area contributed by atoms with Crippen molar-refractivity contribution in [2.45, 2.75) is 36.5 Å². The fraction of sp³-hybridized carbons (Fsp3) is 0.0952. The van der Waals surface area contributed by atoms with Gasteiger partial charge in [-0.2, -0.15) is 27.1 Å². The summed E-state index contributed by atoms with van der Waals surface area (Å²) in [6.45, 7) is 3.30. The van der Waals surface area contributed by atoms with Crippen LogP contribution >= 0.6 is 45.3 Å². The summed E-state index contributed by atoms with van der Waals surface area (Å²) in [4.78, 5) is 18.9. The van der Waals surface area contributed by atoms with Gasteiger partial charge in [0.15, 0.2) is 0 Å². The van der Waals surface area contributed by atoms with E-state index in [1.807, 2.05) is 72.8 Å². The van der Waals surface area contributed by atoms with Gasteiger partial charge in [0.25, 0.3) is 20.2 Å². The molecular weight excluding hydrogens is 877 g/mol. The summed E-state index contributed by atoms with van der Waals surface area (Å²) in [5.41, 5.74) is 8.98. The fourth-order valence-electron chi connectivity index (χ4n) is 7.08. The molecule has 2 N–H and O–H groups in total. The molecule has 1 aliphatic rings. The Kier molecular flexibility index (Phi) is 9.45. The average molecular weight is 905 g/mol. The van der Waals surface area contributed by atoms with Crippen LogP contribution in [0.3, 0.4) is 0 Å². The molecule has 12 nitrogen and oxygen atoms in total. The third kappa shape index (κ3) is 7.17. The molecule has 4 aromatic heterocycles. The number of aryl methyl sites for hydroxylation is 2. The lowest BCUT2D eigenvalue weighted by Gasteiger charge is -2.08. The van der Waals surface area contributed by atoms with Gasteiger partial charge in [-0.25, -0.2) is 19.9 Å². The maximum Gasteiger partial charge on any atom is 0.296 e. The Morgan fingerprint density at radius 2 is 0.983 bits per heavy atom. The van der Waals surface area contributed by atoms with Crippen LogP contribution in [0.15, 0.2) is 123 Å². The third-order valence-electron chi connectivity index (χ3n) is 10.0. The number of thiazole rings is 4. The zero-order valence-corrected chi connectivity index (χ0v) is 36.2. The first-order chi connectivity index (χ1) is 28.7. The zero-order valence-electron chi connectivity index (χ0n) is 31.3. The van der Waals surface area contributed by atoms with Crippen molar-refractivity contribution in [3.63, 3.8) is 0 Å². The first-order valence-electron chi connectivity index (χ1n) is 18.2. The molecule has 0 saturated carbocycles. The highest BCUT2D eigenvalue weighted by Crippen LogP contribution is 2.41. The highest BCUT2D eigenvalue weighted by Gasteiger charge is 2.23. The van der Waals surface area contributed by atoms with Crippen LogP contribution in [0, 0.1) is 13.8 Å². The number of fused-ring (bicyclic) bond motifs is 4. The Labute approximate surface area is 358 Å². The van der Waals surface area contributed by atoms with Crippen molar-refractivity contribution >= 4 is 118 Å². The smallest absolute Gasteiger partial charge is 0.282 e. The van der Waals surface area contributed by atoms with Crippen molar-refractivity contribution < 1.29 is 25.9 Å². The van der Waals surface area contributed by atoms with Gasteiger partial charge in [-0.1, -0.05) is 18.2 Å². The predicted molar refractivity (Wildman–Crippen MR) is 241 cm³/mol.